The van der Waals surface area contributed by atoms with Crippen molar-refractivity contribution in [2.45, 2.75) is 19.3 Å². The van der Waals surface area contributed by atoms with E-state index in [1.807, 2.05) is 0 Å². The zero-order valence-corrected chi connectivity index (χ0v) is 6.66. The van der Waals surface area contributed by atoms with Gasteiger partial charge in [0.1, 0.15) is 6.29 Å². The summed E-state index contributed by atoms with van der Waals surface area (Å²) in [7, 11) is 0. The molecule has 64 valence electrons. The van der Waals surface area contributed by atoms with Gasteiger partial charge in [0.15, 0.2) is 11.5 Å². The maximum absolute atomic E-state index is 11.2. The summed E-state index contributed by atoms with van der Waals surface area (Å²) in [5.41, 5.74) is 0. The van der Waals surface area contributed by atoms with Gasteiger partial charge in [-0.05, 0) is 18.6 Å². The van der Waals surface area contributed by atoms with E-state index in [2.05, 4.69) is 0 Å². The van der Waals surface area contributed by atoms with Gasteiger partial charge in [0.05, 0.1) is 6.26 Å². The Hall–Kier alpha value is -1.38. The van der Waals surface area contributed by atoms with Gasteiger partial charge in [-0.3, -0.25) is 4.79 Å². The van der Waals surface area contributed by atoms with Crippen LogP contribution in [0.2, 0.25) is 0 Å². The largest absolute Gasteiger partial charge is 0.461 e. The van der Waals surface area contributed by atoms with Crippen molar-refractivity contribution in [3.8, 4) is 0 Å². The normalized spacial score (nSPS) is 9.67. The summed E-state index contributed by atoms with van der Waals surface area (Å²) in [6, 6.07) is 3.30. The molecule has 0 radical (unpaired) electrons. The van der Waals surface area contributed by atoms with Crippen molar-refractivity contribution in [2.24, 2.45) is 0 Å². The van der Waals surface area contributed by atoms with E-state index in [1.54, 1.807) is 12.1 Å². The van der Waals surface area contributed by atoms with E-state index in [4.69, 9.17) is 4.42 Å². The van der Waals surface area contributed by atoms with Crippen LogP contribution in [-0.4, -0.2) is 12.1 Å². The topological polar surface area (TPSA) is 47.3 Å². The number of rotatable bonds is 5. The van der Waals surface area contributed by atoms with E-state index < -0.39 is 0 Å². The Balaban J connectivity index is 2.34. The molecule has 0 bridgehead atoms. The highest BCUT2D eigenvalue weighted by atomic mass is 16.3. The van der Waals surface area contributed by atoms with E-state index in [-0.39, 0.29) is 5.78 Å². The molecule has 0 unspecified atom stereocenters. The highest BCUT2D eigenvalue weighted by molar-refractivity contribution is 5.93. The molecule has 12 heavy (non-hydrogen) atoms. The Bertz CT molecular complexity index is 249. The van der Waals surface area contributed by atoms with Gasteiger partial charge >= 0.3 is 0 Å². The van der Waals surface area contributed by atoms with E-state index in [0.717, 1.165) is 6.29 Å². The maximum atomic E-state index is 11.2. The molecule has 0 saturated carbocycles. The molecule has 0 aromatic carbocycles. The minimum absolute atomic E-state index is 0.0400. The van der Waals surface area contributed by atoms with Crippen molar-refractivity contribution in [2.75, 3.05) is 0 Å². The third-order valence-corrected chi connectivity index (χ3v) is 1.52. The lowest BCUT2D eigenvalue weighted by Gasteiger charge is -1.92. The number of hydrogen-bond acceptors (Lipinski definition) is 3. The minimum atomic E-state index is -0.0400. The van der Waals surface area contributed by atoms with Crippen molar-refractivity contribution in [3.63, 3.8) is 0 Å². The molecular weight excluding hydrogens is 156 g/mol. The average Bonchev–Trinajstić information content (AvgIpc) is 2.56. The molecule has 0 fully saturated rings. The Morgan fingerprint density at radius 2 is 2.42 bits per heavy atom. The SMILES string of the molecule is O=CCCCC(=O)c1ccco1. The Labute approximate surface area is 70.4 Å². The lowest BCUT2D eigenvalue weighted by molar-refractivity contribution is -0.107. The third-order valence-electron chi connectivity index (χ3n) is 1.52. The number of hydrogen-bond donors (Lipinski definition) is 0. The fourth-order valence-electron chi connectivity index (χ4n) is 0.906. The summed E-state index contributed by atoms with van der Waals surface area (Å²) in [5.74, 6) is 0.336. The minimum Gasteiger partial charge on any atom is -0.461 e. The molecule has 0 aliphatic heterocycles. The Morgan fingerprint density at radius 3 is 3.00 bits per heavy atom. The fraction of sp³-hybridized carbons (Fsp3) is 0.333. The summed E-state index contributed by atoms with van der Waals surface area (Å²) in [6.45, 7) is 0. The van der Waals surface area contributed by atoms with Gasteiger partial charge in [0, 0.05) is 12.8 Å². The van der Waals surface area contributed by atoms with Crippen LogP contribution in [0.15, 0.2) is 22.8 Å². The molecule has 3 nitrogen and oxygen atoms in total. The van der Waals surface area contributed by atoms with Crippen LogP contribution in [0.4, 0.5) is 0 Å². The number of carbonyl (C=O) groups is 2. The predicted molar refractivity (Wildman–Crippen MR) is 43.0 cm³/mol. The molecule has 0 atom stereocenters. The van der Waals surface area contributed by atoms with Crippen LogP contribution < -0.4 is 0 Å². The number of unbranched alkanes of at least 4 members (excludes halogenated alkanes) is 1. The first-order chi connectivity index (χ1) is 5.84. The smallest absolute Gasteiger partial charge is 0.197 e. The molecule has 0 N–H and O–H groups in total. The quantitative estimate of drug-likeness (QED) is 0.381. The fourth-order valence-corrected chi connectivity index (χ4v) is 0.906. The van der Waals surface area contributed by atoms with Crippen molar-refractivity contribution in [3.05, 3.63) is 24.2 Å². The first-order valence-electron chi connectivity index (χ1n) is 3.85. The highest BCUT2D eigenvalue weighted by Crippen LogP contribution is 2.06. The molecule has 0 amide bonds. The van der Waals surface area contributed by atoms with Crippen molar-refractivity contribution in [1.82, 2.24) is 0 Å². The van der Waals surface area contributed by atoms with Crippen LogP contribution in [0.25, 0.3) is 0 Å². The van der Waals surface area contributed by atoms with Crippen LogP contribution >= 0.6 is 0 Å². The second kappa shape index (κ2) is 4.49. The Morgan fingerprint density at radius 1 is 1.58 bits per heavy atom. The monoisotopic (exact) mass is 166 g/mol. The van der Waals surface area contributed by atoms with Gasteiger partial charge in [0.2, 0.25) is 0 Å². The van der Waals surface area contributed by atoms with Gasteiger partial charge in [0.25, 0.3) is 0 Å². The zero-order valence-electron chi connectivity index (χ0n) is 6.66. The van der Waals surface area contributed by atoms with Crippen LogP contribution in [-0.2, 0) is 4.79 Å². The second-order valence-electron chi connectivity index (χ2n) is 2.46. The van der Waals surface area contributed by atoms with Gasteiger partial charge in [-0.25, -0.2) is 0 Å². The van der Waals surface area contributed by atoms with Gasteiger partial charge in [-0.2, -0.15) is 0 Å². The van der Waals surface area contributed by atoms with Crippen LogP contribution in [0.3, 0.4) is 0 Å². The van der Waals surface area contributed by atoms with Crippen molar-refractivity contribution in [1.29, 1.82) is 0 Å². The summed E-state index contributed by atoms with van der Waals surface area (Å²) in [4.78, 5) is 21.1. The summed E-state index contributed by atoms with van der Waals surface area (Å²) in [6.07, 6.45) is 3.70. The molecule has 1 aromatic rings. The number of ketones is 1. The van der Waals surface area contributed by atoms with E-state index in [1.165, 1.54) is 6.26 Å². The average molecular weight is 166 g/mol. The first kappa shape index (κ1) is 8.71. The molecule has 0 spiro atoms. The van der Waals surface area contributed by atoms with Crippen molar-refractivity contribution < 1.29 is 14.0 Å². The van der Waals surface area contributed by atoms with E-state index in [0.29, 0.717) is 25.0 Å². The summed E-state index contributed by atoms with van der Waals surface area (Å²) < 4.78 is 4.89. The zero-order chi connectivity index (χ0) is 8.81. The van der Waals surface area contributed by atoms with Crippen LogP contribution in [0.5, 0.6) is 0 Å². The van der Waals surface area contributed by atoms with Crippen LogP contribution in [0, 0.1) is 0 Å². The molecule has 0 aliphatic rings. The van der Waals surface area contributed by atoms with Gasteiger partial charge in [-0.15, -0.1) is 0 Å². The highest BCUT2D eigenvalue weighted by Gasteiger charge is 2.06. The van der Waals surface area contributed by atoms with Gasteiger partial charge in [-0.1, -0.05) is 0 Å². The maximum Gasteiger partial charge on any atom is 0.197 e. The summed E-state index contributed by atoms with van der Waals surface area (Å²) >= 11 is 0. The molecule has 3 heteroatoms. The number of furan rings is 1. The van der Waals surface area contributed by atoms with Crippen molar-refractivity contribution >= 4 is 12.1 Å². The number of Topliss-reactive ketones (excluding diaryl/α,β-unsaturated/α-hetero) is 1. The molecular formula is C9H10O3. The number of carbonyl (C=O) groups excluding carboxylic acids is 2. The number of aldehydes is 1. The summed E-state index contributed by atoms with van der Waals surface area (Å²) in [5, 5.41) is 0. The second-order valence-corrected chi connectivity index (χ2v) is 2.46. The lowest BCUT2D eigenvalue weighted by Crippen LogP contribution is -1.96. The predicted octanol–water partition coefficient (Wildman–Crippen LogP) is 1.83. The lowest BCUT2D eigenvalue weighted by atomic mass is 10.1. The molecule has 1 aromatic heterocycles. The van der Waals surface area contributed by atoms with Crippen LogP contribution in [0.1, 0.15) is 29.8 Å². The van der Waals surface area contributed by atoms with E-state index >= 15 is 0 Å². The Kier molecular flexibility index (Phi) is 3.26. The first-order valence-corrected chi connectivity index (χ1v) is 3.85. The standard InChI is InChI=1S/C9H10O3/c10-6-2-1-4-8(11)9-5-3-7-12-9/h3,5-7H,1-2,4H2. The molecule has 0 aliphatic carbocycles. The van der Waals surface area contributed by atoms with Gasteiger partial charge < -0.3 is 9.21 Å². The molecule has 1 rings (SSSR count). The third kappa shape index (κ3) is 2.34. The molecule has 1 heterocycles. The molecule has 0 saturated heterocycles. The van der Waals surface area contributed by atoms with E-state index in [9.17, 15) is 9.59 Å².